The molecule has 1 aromatic carbocycles. The molecular formula is C13H21NO2. The van der Waals surface area contributed by atoms with E-state index in [0.29, 0.717) is 0 Å². The third-order valence-corrected chi connectivity index (χ3v) is 2.76. The van der Waals surface area contributed by atoms with E-state index < -0.39 is 0 Å². The number of likely N-dealkylation sites (N-methyl/N-ethyl adjacent to an activating group) is 1. The van der Waals surface area contributed by atoms with E-state index in [1.165, 1.54) is 11.1 Å². The van der Waals surface area contributed by atoms with Gasteiger partial charge < -0.3 is 14.8 Å². The Bertz CT molecular complexity index is 337. The minimum Gasteiger partial charge on any atom is -0.496 e. The van der Waals surface area contributed by atoms with Crippen LogP contribution in [0.1, 0.15) is 18.1 Å². The summed E-state index contributed by atoms with van der Waals surface area (Å²) < 4.78 is 10.8. The van der Waals surface area contributed by atoms with Crippen LogP contribution in [-0.4, -0.2) is 27.8 Å². The minimum absolute atomic E-state index is 0.941. The topological polar surface area (TPSA) is 30.5 Å². The average Bonchev–Trinajstić information content (AvgIpc) is 2.34. The molecule has 16 heavy (non-hydrogen) atoms. The Hall–Kier alpha value is -1.22. The molecule has 1 rings (SSSR count). The van der Waals surface area contributed by atoms with Crippen molar-refractivity contribution in [1.82, 2.24) is 5.32 Å². The Morgan fingerprint density at radius 1 is 1.06 bits per heavy atom. The molecule has 0 spiro atoms. The molecule has 0 aromatic heterocycles. The second kappa shape index (κ2) is 6.38. The van der Waals surface area contributed by atoms with E-state index >= 15 is 0 Å². The number of nitrogens with one attached hydrogen (secondary N) is 1. The molecule has 0 saturated carbocycles. The molecule has 0 atom stereocenters. The van der Waals surface area contributed by atoms with Crippen molar-refractivity contribution < 1.29 is 9.47 Å². The lowest BCUT2D eigenvalue weighted by Crippen LogP contribution is -2.12. The highest BCUT2D eigenvalue weighted by atomic mass is 16.5. The van der Waals surface area contributed by atoms with Gasteiger partial charge in [0.25, 0.3) is 0 Å². The maximum absolute atomic E-state index is 5.40. The van der Waals surface area contributed by atoms with E-state index in [2.05, 4.69) is 12.2 Å². The van der Waals surface area contributed by atoms with Crippen LogP contribution in [0.2, 0.25) is 0 Å². The summed E-state index contributed by atoms with van der Waals surface area (Å²) in [6, 6.07) is 3.95. The van der Waals surface area contributed by atoms with Gasteiger partial charge >= 0.3 is 0 Å². The molecule has 0 amide bonds. The van der Waals surface area contributed by atoms with E-state index in [1.54, 1.807) is 14.2 Å². The smallest absolute Gasteiger partial charge is 0.122 e. The summed E-state index contributed by atoms with van der Waals surface area (Å²) in [4.78, 5) is 0. The largest absolute Gasteiger partial charge is 0.496 e. The van der Waals surface area contributed by atoms with Crippen molar-refractivity contribution in [2.45, 2.75) is 19.8 Å². The average molecular weight is 223 g/mol. The highest BCUT2D eigenvalue weighted by Crippen LogP contribution is 2.31. The van der Waals surface area contributed by atoms with Gasteiger partial charge in [-0.1, -0.05) is 6.92 Å². The third-order valence-electron chi connectivity index (χ3n) is 2.76. The van der Waals surface area contributed by atoms with Gasteiger partial charge in [0.05, 0.1) is 14.2 Å². The van der Waals surface area contributed by atoms with Crippen molar-refractivity contribution in [3.8, 4) is 11.5 Å². The normalized spacial score (nSPS) is 10.2. The monoisotopic (exact) mass is 223 g/mol. The Morgan fingerprint density at radius 3 is 2.06 bits per heavy atom. The van der Waals surface area contributed by atoms with Crippen molar-refractivity contribution in [2.75, 3.05) is 27.8 Å². The molecule has 0 radical (unpaired) electrons. The van der Waals surface area contributed by atoms with Gasteiger partial charge in [0.2, 0.25) is 0 Å². The van der Waals surface area contributed by atoms with Crippen LogP contribution in [-0.2, 0) is 12.8 Å². The first-order valence-corrected chi connectivity index (χ1v) is 5.65. The van der Waals surface area contributed by atoms with Gasteiger partial charge in [-0.15, -0.1) is 0 Å². The van der Waals surface area contributed by atoms with Gasteiger partial charge in [0.1, 0.15) is 11.5 Å². The van der Waals surface area contributed by atoms with Crippen LogP contribution in [0.4, 0.5) is 0 Å². The fraction of sp³-hybridized carbons (Fsp3) is 0.538. The maximum atomic E-state index is 5.40. The predicted octanol–water partition coefficient (Wildman–Crippen LogP) is 2.03. The molecule has 0 aliphatic rings. The van der Waals surface area contributed by atoms with Crippen LogP contribution < -0.4 is 14.8 Å². The molecule has 0 saturated heterocycles. The van der Waals surface area contributed by atoms with Gasteiger partial charge in [-0.25, -0.2) is 0 Å². The zero-order valence-electron chi connectivity index (χ0n) is 10.6. The number of ether oxygens (including phenoxy) is 2. The first kappa shape index (κ1) is 12.8. The molecule has 0 heterocycles. The second-order valence-corrected chi connectivity index (χ2v) is 3.63. The van der Waals surface area contributed by atoms with Crippen LogP contribution in [0.25, 0.3) is 0 Å². The molecule has 0 fully saturated rings. The third kappa shape index (κ3) is 2.67. The Balaban J connectivity index is 3.14. The van der Waals surface area contributed by atoms with Crippen molar-refractivity contribution in [3.63, 3.8) is 0 Å². The Kier molecular flexibility index (Phi) is 5.12. The Labute approximate surface area is 97.8 Å². The number of hydrogen-bond acceptors (Lipinski definition) is 3. The standard InChI is InChI=1S/C13H21NO2/c1-5-10-11(8-9-14-2)13(16-4)7-6-12(10)15-3/h6-7,14H,5,8-9H2,1-4H3. The number of methoxy groups -OCH3 is 2. The summed E-state index contributed by atoms with van der Waals surface area (Å²) in [7, 11) is 5.38. The summed E-state index contributed by atoms with van der Waals surface area (Å²) in [5.41, 5.74) is 2.50. The molecular weight excluding hydrogens is 202 g/mol. The lowest BCUT2D eigenvalue weighted by atomic mass is 10.00. The van der Waals surface area contributed by atoms with Gasteiger partial charge in [-0.2, -0.15) is 0 Å². The van der Waals surface area contributed by atoms with Crippen LogP contribution in [0.3, 0.4) is 0 Å². The lowest BCUT2D eigenvalue weighted by Gasteiger charge is -2.16. The molecule has 0 bridgehead atoms. The summed E-state index contributed by atoms with van der Waals surface area (Å²) in [5.74, 6) is 1.90. The van der Waals surface area contributed by atoms with Crippen molar-refractivity contribution >= 4 is 0 Å². The molecule has 1 aromatic rings. The molecule has 1 N–H and O–H groups in total. The van der Waals surface area contributed by atoms with Crippen LogP contribution in [0.15, 0.2) is 12.1 Å². The highest BCUT2D eigenvalue weighted by Gasteiger charge is 2.12. The highest BCUT2D eigenvalue weighted by molar-refractivity contribution is 5.49. The summed E-state index contributed by atoms with van der Waals surface area (Å²) in [6.45, 7) is 3.08. The SMILES string of the molecule is CCc1c(OC)ccc(OC)c1CCNC. The van der Waals surface area contributed by atoms with Gasteiger partial charge in [0, 0.05) is 11.1 Å². The van der Waals surface area contributed by atoms with Crippen LogP contribution in [0, 0.1) is 0 Å². The van der Waals surface area contributed by atoms with Crippen LogP contribution >= 0.6 is 0 Å². The molecule has 0 aliphatic carbocycles. The van der Waals surface area contributed by atoms with Gasteiger partial charge in [0.15, 0.2) is 0 Å². The zero-order chi connectivity index (χ0) is 12.0. The minimum atomic E-state index is 0.941. The van der Waals surface area contributed by atoms with E-state index in [0.717, 1.165) is 30.9 Å². The summed E-state index contributed by atoms with van der Waals surface area (Å²) >= 11 is 0. The second-order valence-electron chi connectivity index (χ2n) is 3.63. The molecule has 0 aliphatic heterocycles. The van der Waals surface area contributed by atoms with Crippen LogP contribution in [0.5, 0.6) is 11.5 Å². The fourth-order valence-electron chi connectivity index (χ4n) is 1.94. The summed E-state index contributed by atoms with van der Waals surface area (Å²) in [6.07, 6.45) is 1.92. The van der Waals surface area contributed by atoms with E-state index in [4.69, 9.17) is 9.47 Å². The molecule has 3 heteroatoms. The predicted molar refractivity (Wildman–Crippen MR) is 66.6 cm³/mol. The Morgan fingerprint density at radius 2 is 1.62 bits per heavy atom. The fourth-order valence-corrected chi connectivity index (χ4v) is 1.94. The van der Waals surface area contributed by atoms with Gasteiger partial charge in [-0.05, 0) is 38.6 Å². The van der Waals surface area contributed by atoms with Crippen molar-refractivity contribution in [2.24, 2.45) is 0 Å². The van der Waals surface area contributed by atoms with Gasteiger partial charge in [-0.3, -0.25) is 0 Å². The quantitative estimate of drug-likeness (QED) is 0.800. The van der Waals surface area contributed by atoms with Crippen molar-refractivity contribution in [3.05, 3.63) is 23.3 Å². The number of hydrogen-bond donors (Lipinski definition) is 1. The van der Waals surface area contributed by atoms with E-state index in [-0.39, 0.29) is 0 Å². The molecule has 0 unspecified atom stereocenters. The first-order valence-electron chi connectivity index (χ1n) is 5.65. The lowest BCUT2D eigenvalue weighted by molar-refractivity contribution is 0.394. The van der Waals surface area contributed by atoms with E-state index in [9.17, 15) is 0 Å². The number of benzene rings is 1. The molecule has 90 valence electrons. The van der Waals surface area contributed by atoms with Crippen molar-refractivity contribution in [1.29, 1.82) is 0 Å². The first-order chi connectivity index (χ1) is 7.78. The van der Waals surface area contributed by atoms with E-state index in [1.807, 2.05) is 19.2 Å². The number of rotatable bonds is 6. The summed E-state index contributed by atoms with van der Waals surface area (Å²) in [5, 5.41) is 3.16. The maximum Gasteiger partial charge on any atom is 0.122 e. The zero-order valence-corrected chi connectivity index (χ0v) is 10.6. The molecule has 3 nitrogen and oxygen atoms in total.